The maximum absolute atomic E-state index is 10.5. The van der Waals surface area contributed by atoms with Crippen molar-refractivity contribution in [2.45, 2.75) is 6.42 Å². The van der Waals surface area contributed by atoms with Gasteiger partial charge in [0.05, 0.1) is 0 Å². The van der Waals surface area contributed by atoms with E-state index in [1.807, 2.05) is 18.2 Å². The molecular weight excluding hydrogens is 172 g/mol. The van der Waals surface area contributed by atoms with Crippen molar-refractivity contribution in [3.05, 3.63) is 47.1 Å². The summed E-state index contributed by atoms with van der Waals surface area (Å²) in [5.41, 5.74) is 3.26. The summed E-state index contributed by atoms with van der Waals surface area (Å²) in [7, 11) is 0. The van der Waals surface area contributed by atoms with Crippen LogP contribution in [0.2, 0.25) is 0 Å². The van der Waals surface area contributed by atoms with Crippen LogP contribution in [-0.2, 0) is 4.79 Å². The Morgan fingerprint density at radius 2 is 1.92 bits per heavy atom. The Labute approximate surface area is 76.7 Å². The summed E-state index contributed by atoms with van der Waals surface area (Å²) in [6.07, 6.45) is 10.8. The van der Waals surface area contributed by atoms with Gasteiger partial charge in [-0.2, -0.15) is 0 Å². The Hall–Kier alpha value is -1.08. The van der Waals surface area contributed by atoms with Crippen LogP contribution >= 0.6 is 11.6 Å². The fourth-order valence-corrected chi connectivity index (χ4v) is 1.15. The van der Waals surface area contributed by atoms with Gasteiger partial charge in [0.1, 0.15) is 6.29 Å². The third kappa shape index (κ3) is 2.51. The summed E-state index contributed by atoms with van der Waals surface area (Å²) in [5.74, 6) is 0. The predicted molar refractivity (Wildman–Crippen MR) is 51.0 cm³/mol. The summed E-state index contributed by atoms with van der Waals surface area (Å²) in [4.78, 5) is 10.5. The van der Waals surface area contributed by atoms with Gasteiger partial charge >= 0.3 is 0 Å². The standard InChI is InChI=1S/C10H9ClO/c11-6-5-9-3-1-2-4-10(7-9)8-12/h1-6,8H,7H2/b6-5+. The van der Waals surface area contributed by atoms with Gasteiger partial charge < -0.3 is 0 Å². The SMILES string of the molecule is O=CC1=CC=CC=C(/C=C/Cl)C1. The molecule has 0 bridgehead atoms. The molecule has 62 valence electrons. The Bertz CT molecular complexity index is 282. The minimum Gasteiger partial charge on any atom is -0.298 e. The van der Waals surface area contributed by atoms with Crippen molar-refractivity contribution >= 4 is 17.9 Å². The van der Waals surface area contributed by atoms with Gasteiger partial charge in [-0.25, -0.2) is 0 Å². The molecule has 0 atom stereocenters. The molecule has 0 aromatic heterocycles. The molecular formula is C10H9ClO. The van der Waals surface area contributed by atoms with Gasteiger partial charge in [-0.05, 0) is 17.2 Å². The minimum atomic E-state index is 0.652. The first-order chi connectivity index (χ1) is 5.86. The van der Waals surface area contributed by atoms with Crippen LogP contribution in [0.15, 0.2) is 47.1 Å². The zero-order valence-corrected chi connectivity index (χ0v) is 7.29. The molecule has 0 aromatic rings. The Morgan fingerprint density at radius 3 is 2.50 bits per heavy atom. The minimum absolute atomic E-state index is 0.652. The van der Waals surface area contributed by atoms with E-state index in [4.69, 9.17) is 11.6 Å². The van der Waals surface area contributed by atoms with Crippen molar-refractivity contribution < 1.29 is 4.79 Å². The fourth-order valence-electron chi connectivity index (χ4n) is 0.988. The van der Waals surface area contributed by atoms with E-state index >= 15 is 0 Å². The van der Waals surface area contributed by atoms with E-state index in [-0.39, 0.29) is 0 Å². The molecule has 0 saturated carbocycles. The number of aldehydes is 1. The molecule has 0 spiro atoms. The molecule has 0 saturated heterocycles. The summed E-state index contributed by atoms with van der Waals surface area (Å²) in [5, 5.41) is 0. The van der Waals surface area contributed by atoms with Crippen molar-refractivity contribution in [3.63, 3.8) is 0 Å². The number of halogens is 1. The van der Waals surface area contributed by atoms with Crippen LogP contribution in [0.4, 0.5) is 0 Å². The number of hydrogen-bond donors (Lipinski definition) is 0. The van der Waals surface area contributed by atoms with Crippen molar-refractivity contribution in [3.8, 4) is 0 Å². The molecule has 0 heterocycles. The van der Waals surface area contributed by atoms with Crippen molar-refractivity contribution in [2.24, 2.45) is 0 Å². The first kappa shape index (κ1) is 9.01. The molecule has 0 unspecified atom stereocenters. The summed E-state index contributed by atoms with van der Waals surface area (Å²) < 4.78 is 0. The van der Waals surface area contributed by atoms with Gasteiger partial charge in [0.2, 0.25) is 0 Å². The number of carbonyl (C=O) groups is 1. The highest BCUT2D eigenvalue weighted by Crippen LogP contribution is 2.14. The molecule has 0 fully saturated rings. The monoisotopic (exact) mass is 180 g/mol. The highest BCUT2D eigenvalue weighted by Gasteiger charge is 1.99. The second kappa shape index (κ2) is 4.73. The average Bonchev–Trinajstić information content (AvgIpc) is 2.30. The first-order valence-corrected chi connectivity index (χ1v) is 4.09. The van der Waals surface area contributed by atoms with E-state index in [1.165, 1.54) is 5.54 Å². The van der Waals surface area contributed by atoms with E-state index in [1.54, 1.807) is 12.2 Å². The van der Waals surface area contributed by atoms with E-state index in [2.05, 4.69) is 0 Å². The van der Waals surface area contributed by atoms with Crippen LogP contribution < -0.4 is 0 Å². The van der Waals surface area contributed by atoms with E-state index in [9.17, 15) is 4.79 Å². The molecule has 0 radical (unpaired) electrons. The maximum Gasteiger partial charge on any atom is 0.146 e. The third-order valence-corrected chi connectivity index (χ3v) is 1.69. The van der Waals surface area contributed by atoms with Crippen molar-refractivity contribution in [1.29, 1.82) is 0 Å². The molecule has 2 heteroatoms. The van der Waals surface area contributed by atoms with Gasteiger partial charge in [-0.1, -0.05) is 35.9 Å². The molecule has 0 aromatic carbocycles. The fraction of sp³-hybridized carbons (Fsp3) is 0.100. The zero-order valence-electron chi connectivity index (χ0n) is 6.53. The smallest absolute Gasteiger partial charge is 0.146 e. The van der Waals surface area contributed by atoms with Crippen molar-refractivity contribution in [2.75, 3.05) is 0 Å². The number of hydrogen-bond acceptors (Lipinski definition) is 1. The second-order valence-electron chi connectivity index (χ2n) is 2.46. The van der Waals surface area contributed by atoms with E-state index in [0.29, 0.717) is 6.42 Å². The van der Waals surface area contributed by atoms with Gasteiger partial charge in [-0.3, -0.25) is 4.79 Å². The molecule has 1 rings (SSSR count). The Kier molecular flexibility index (Phi) is 3.55. The van der Waals surface area contributed by atoms with E-state index in [0.717, 1.165) is 17.4 Å². The summed E-state index contributed by atoms with van der Waals surface area (Å²) in [6.45, 7) is 0. The lowest BCUT2D eigenvalue weighted by molar-refractivity contribution is -0.105. The third-order valence-electron chi connectivity index (χ3n) is 1.57. The lowest BCUT2D eigenvalue weighted by Gasteiger charge is -1.97. The summed E-state index contributed by atoms with van der Waals surface area (Å²) >= 11 is 5.43. The highest BCUT2D eigenvalue weighted by molar-refractivity contribution is 6.25. The number of allylic oxidation sites excluding steroid dienone is 7. The first-order valence-electron chi connectivity index (χ1n) is 3.65. The Balaban J connectivity index is 2.81. The molecule has 1 nitrogen and oxygen atoms in total. The maximum atomic E-state index is 10.5. The molecule has 12 heavy (non-hydrogen) atoms. The molecule has 0 N–H and O–H groups in total. The largest absolute Gasteiger partial charge is 0.298 e. The normalized spacial score (nSPS) is 17.1. The number of rotatable bonds is 2. The van der Waals surface area contributed by atoms with Crippen LogP contribution in [0.5, 0.6) is 0 Å². The molecule has 1 aliphatic rings. The van der Waals surface area contributed by atoms with Gasteiger partial charge in [-0.15, -0.1) is 0 Å². The van der Waals surface area contributed by atoms with E-state index < -0.39 is 0 Å². The Morgan fingerprint density at radius 1 is 1.25 bits per heavy atom. The van der Waals surface area contributed by atoms with Crippen LogP contribution in [0, 0.1) is 0 Å². The van der Waals surface area contributed by atoms with Crippen LogP contribution in [-0.4, -0.2) is 6.29 Å². The quantitative estimate of drug-likeness (QED) is 0.598. The van der Waals surface area contributed by atoms with Gasteiger partial charge in [0.25, 0.3) is 0 Å². The zero-order chi connectivity index (χ0) is 8.81. The lowest BCUT2D eigenvalue weighted by Crippen LogP contribution is -1.85. The lowest BCUT2D eigenvalue weighted by atomic mass is 10.1. The van der Waals surface area contributed by atoms with Crippen LogP contribution in [0.3, 0.4) is 0 Å². The topological polar surface area (TPSA) is 17.1 Å². The number of carbonyl (C=O) groups excluding carboxylic acids is 1. The molecule has 0 amide bonds. The van der Waals surface area contributed by atoms with Gasteiger partial charge in [0.15, 0.2) is 0 Å². The molecule has 0 aliphatic heterocycles. The molecule has 1 aliphatic carbocycles. The van der Waals surface area contributed by atoms with Gasteiger partial charge in [0, 0.05) is 12.0 Å². The predicted octanol–water partition coefficient (Wildman–Crippen LogP) is 2.75. The average molecular weight is 181 g/mol. The second-order valence-corrected chi connectivity index (χ2v) is 2.71. The van der Waals surface area contributed by atoms with Crippen LogP contribution in [0.1, 0.15) is 6.42 Å². The highest BCUT2D eigenvalue weighted by atomic mass is 35.5. The van der Waals surface area contributed by atoms with Crippen molar-refractivity contribution in [1.82, 2.24) is 0 Å². The summed E-state index contributed by atoms with van der Waals surface area (Å²) in [6, 6.07) is 0. The van der Waals surface area contributed by atoms with Crippen LogP contribution in [0.25, 0.3) is 0 Å².